The maximum atomic E-state index is 13.9. The van der Waals surface area contributed by atoms with E-state index in [9.17, 15) is 12.8 Å². The van der Waals surface area contributed by atoms with E-state index >= 15 is 0 Å². The molecule has 1 aliphatic heterocycles. The van der Waals surface area contributed by atoms with Crippen LogP contribution in [0, 0.1) is 11.7 Å². The van der Waals surface area contributed by atoms with Gasteiger partial charge in [-0.25, -0.2) is 12.8 Å². The second-order valence-corrected chi connectivity index (χ2v) is 7.52. The summed E-state index contributed by atoms with van der Waals surface area (Å²) in [5.41, 5.74) is 0. The highest BCUT2D eigenvalue weighted by molar-refractivity contribution is 7.89. The Labute approximate surface area is 130 Å². The first kappa shape index (κ1) is 16.7. The Hall–Kier alpha value is -0.690. The number of sulfonamides is 1. The van der Waals surface area contributed by atoms with Crippen molar-refractivity contribution in [3.63, 3.8) is 0 Å². The van der Waals surface area contributed by atoms with Crippen molar-refractivity contribution in [1.29, 1.82) is 0 Å². The van der Waals surface area contributed by atoms with Crippen molar-refractivity contribution in [2.45, 2.75) is 24.7 Å². The molecule has 1 saturated heterocycles. The molecule has 0 unspecified atom stereocenters. The molecule has 1 N–H and O–H groups in total. The van der Waals surface area contributed by atoms with Gasteiger partial charge < -0.3 is 5.32 Å². The van der Waals surface area contributed by atoms with E-state index in [2.05, 4.69) is 5.32 Å². The van der Waals surface area contributed by atoms with Crippen molar-refractivity contribution in [2.75, 3.05) is 26.2 Å². The van der Waals surface area contributed by atoms with E-state index in [0.717, 1.165) is 25.9 Å². The van der Waals surface area contributed by atoms with Crippen molar-refractivity contribution >= 4 is 21.6 Å². The maximum Gasteiger partial charge on any atom is 0.246 e. The Balaban J connectivity index is 2.10. The van der Waals surface area contributed by atoms with Crippen molar-refractivity contribution in [2.24, 2.45) is 5.92 Å². The van der Waals surface area contributed by atoms with Crippen LogP contribution in [0.4, 0.5) is 4.39 Å². The SMILES string of the molecule is CCNCC1CCN(S(=O)(=O)c2cccc(Cl)c2F)CC1. The van der Waals surface area contributed by atoms with Gasteiger partial charge in [0.05, 0.1) is 5.02 Å². The molecule has 0 aliphatic carbocycles. The van der Waals surface area contributed by atoms with Gasteiger partial charge in [0.1, 0.15) is 4.90 Å². The lowest BCUT2D eigenvalue weighted by molar-refractivity contribution is 0.268. The molecule has 0 aromatic heterocycles. The number of nitrogens with zero attached hydrogens (tertiary/aromatic N) is 1. The zero-order chi connectivity index (χ0) is 15.5. The molecular weight excluding hydrogens is 315 g/mol. The second kappa shape index (κ2) is 7.05. The molecule has 1 aliphatic rings. The number of halogens is 2. The van der Waals surface area contributed by atoms with Crippen LogP contribution in [0.1, 0.15) is 19.8 Å². The van der Waals surface area contributed by atoms with E-state index < -0.39 is 15.8 Å². The van der Waals surface area contributed by atoms with Crippen LogP contribution in [0.3, 0.4) is 0 Å². The summed E-state index contributed by atoms with van der Waals surface area (Å²) in [4.78, 5) is -0.333. The fourth-order valence-corrected chi connectivity index (χ4v) is 4.31. The third-order valence-corrected chi connectivity index (χ3v) is 6.00. The lowest BCUT2D eigenvalue weighted by Crippen LogP contribution is -2.41. The Kier molecular flexibility index (Phi) is 5.60. The van der Waals surface area contributed by atoms with E-state index in [0.29, 0.717) is 19.0 Å². The van der Waals surface area contributed by atoms with Gasteiger partial charge in [-0.15, -0.1) is 0 Å². The summed E-state index contributed by atoms with van der Waals surface area (Å²) in [6.07, 6.45) is 1.57. The molecular formula is C14H20ClFN2O2S. The van der Waals surface area contributed by atoms with Crippen LogP contribution in [0.2, 0.25) is 5.02 Å². The Morgan fingerprint density at radius 3 is 2.67 bits per heavy atom. The minimum absolute atomic E-state index is 0.168. The first-order valence-corrected chi connectivity index (χ1v) is 8.93. The molecule has 1 fully saturated rings. The third-order valence-electron chi connectivity index (χ3n) is 3.79. The van der Waals surface area contributed by atoms with E-state index in [-0.39, 0.29) is 9.92 Å². The zero-order valence-corrected chi connectivity index (χ0v) is 13.6. The highest BCUT2D eigenvalue weighted by Gasteiger charge is 2.31. The summed E-state index contributed by atoms with van der Waals surface area (Å²) < 4.78 is 40.3. The molecule has 0 bridgehead atoms. The van der Waals surface area contributed by atoms with Crippen LogP contribution in [0.15, 0.2) is 23.1 Å². The monoisotopic (exact) mass is 334 g/mol. The van der Waals surface area contributed by atoms with Gasteiger partial charge in [0.25, 0.3) is 0 Å². The van der Waals surface area contributed by atoms with Gasteiger partial charge in [-0.3, -0.25) is 0 Å². The fourth-order valence-electron chi connectivity index (χ4n) is 2.52. The third kappa shape index (κ3) is 3.74. The fraction of sp³-hybridized carbons (Fsp3) is 0.571. The minimum atomic E-state index is -3.81. The molecule has 0 atom stereocenters. The molecule has 0 spiro atoms. The van der Waals surface area contributed by atoms with E-state index in [1.165, 1.54) is 22.5 Å². The number of hydrogen-bond donors (Lipinski definition) is 1. The average Bonchev–Trinajstić information content (AvgIpc) is 2.48. The Morgan fingerprint density at radius 2 is 2.05 bits per heavy atom. The summed E-state index contributed by atoms with van der Waals surface area (Å²) in [6, 6.07) is 4.07. The van der Waals surface area contributed by atoms with Crippen molar-refractivity contribution in [3.8, 4) is 0 Å². The Morgan fingerprint density at radius 1 is 1.38 bits per heavy atom. The van der Waals surface area contributed by atoms with E-state index in [1.54, 1.807) is 0 Å². The van der Waals surface area contributed by atoms with Gasteiger partial charge in [-0.2, -0.15) is 4.31 Å². The average molecular weight is 335 g/mol. The normalized spacial score (nSPS) is 18.0. The summed E-state index contributed by atoms with van der Waals surface area (Å²) >= 11 is 5.67. The van der Waals surface area contributed by atoms with Gasteiger partial charge in [0.15, 0.2) is 5.82 Å². The van der Waals surface area contributed by atoms with Gasteiger partial charge >= 0.3 is 0 Å². The molecule has 1 aromatic rings. The molecule has 1 heterocycles. The molecule has 0 amide bonds. The van der Waals surface area contributed by atoms with Crippen LogP contribution in [0.25, 0.3) is 0 Å². The molecule has 21 heavy (non-hydrogen) atoms. The van der Waals surface area contributed by atoms with Gasteiger partial charge in [-0.1, -0.05) is 24.6 Å². The summed E-state index contributed by atoms with van der Waals surface area (Å²) in [6.45, 7) is 4.69. The van der Waals surface area contributed by atoms with Crippen LogP contribution < -0.4 is 5.32 Å². The first-order chi connectivity index (χ1) is 9.96. The molecule has 1 aromatic carbocycles. The molecule has 0 radical (unpaired) electrons. The number of piperidine rings is 1. The topological polar surface area (TPSA) is 49.4 Å². The van der Waals surface area contributed by atoms with Gasteiger partial charge in [0.2, 0.25) is 10.0 Å². The molecule has 118 valence electrons. The number of rotatable bonds is 5. The van der Waals surface area contributed by atoms with Crippen LogP contribution >= 0.6 is 11.6 Å². The van der Waals surface area contributed by atoms with Gasteiger partial charge in [0, 0.05) is 13.1 Å². The second-order valence-electron chi connectivity index (χ2n) is 5.21. The summed E-state index contributed by atoms with van der Waals surface area (Å²) in [5, 5.41) is 3.11. The quantitative estimate of drug-likeness (QED) is 0.900. The summed E-state index contributed by atoms with van der Waals surface area (Å²) in [7, 11) is -3.81. The van der Waals surface area contributed by atoms with Gasteiger partial charge in [-0.05, 0) is 44.0 Å². The summed E-state index contributed by atoms with van der Waals surface area (Å²) in [5.74, 6) is -0.394. The maximum absolute atomic E-state index is 13.9. The highest BCUT2D eigenvalue weighted by atomic mass is 35.5. The van der Waals surface area contributed by atoms with Crippen molar-refractivity contribution in [1.82, 2.24) is 9.62 Å². The lowest BCUT2D eigenvalue weighted by atomic mass is 9.98. The number of nitrogens with one attached hydrogen (secondary N) is 1. The predicted molar refractivity (Wildman–Crippen MR) is 81.4 cm³/mol. The van der Waals surface area contributed by atoms with Crippen LogP contribution in [-0.4, -0.2) is 38.9 Å². The molecule has 7 heteroatoms. The molecule has 0 saturated carbocycles. The highest BCUT2D eigenvalue weighted by Crippen LogP contribution is 2.27. The van der Waals surface area contributed by atoms with Crippen LogP contribution in [-0.2, 0) is 10.0 Å². The van der Waals surface area contributed by atoms with Crippen molar-refractivity contribution in [3.05, 3.63) is 29.0 Å². The first-order valence-electron chi connectivity index (χ1n) is 7.11. The largest absolute Gasteiger partial charge is 0.317 e. The van der Waals surface area contributed by atoms with Crippen molar-refractivity contribution < 1.29 is 12.8 Å². The lowest BCUT2D eigenvalue weighted by Gasteiger charge is -2.31. The number of benzene rings is 1. The minimum Gasteiger partial charge on any atom is -0.317 e. The number of hydrogen-bond acceptors (Lipinski definition) is 3. The molecule has 4 nitrogen and oxygen atoms in total. The standard InChI is InChI=1S/C14H20ClFN2O2S/c1-2-17-10-11-6-8-18(9-7-11)21(19,20)13-5-3-4-12(15)14(13)16/h3-5,11,17H,2,6-10H2,1H3. The van der Waals surface area contributed by atoms with Crippen LogP contribution in [0.5, 0.6) is 0 Å². The van der Waals surface area contributed by atoms with E-state index in [4.69, 9.17) is 11.6 Å². The smallest absolute Gasteiger partial charge is 0.246 e. The Bertz CT molecular complexity index is 587. The molecule has 2 rings (SSSR count). The predicted octanol–water partition coefficient (Wildman–Crippen LogP) is 2.49. The zero-order valence-electron chi connectivity index (χ0n) is 12.0. The van der Waals surface area contributed by atoms with E-state index in [1.807, 2.05) is 6.92 Å².